The highest BCUT2D eigenvalue weighted by Gasteiger charge is 2.21. The number of allylic oxidation sites excluding steroid dienone is 1. The minimum Gasteiger partial charge on any atom is -0.508 e. The van der Waals surface area contributed by atoms with Crippen LogP contribution in [0.1, 0.15) is 30.0 Å². The van der Waals surface area contributed by atoms with E-state index >= 15 is 0 Å². The lowest BCUT2D eigenvalue weighted by Crippen LogP contribution is -2.19. The summed E-state index contributed by atoms with van der Waals surface area (Å²) in [6, 6.07) is 25.3. The van der Waals surface area contributed by atoms with Crippen LogP contribution >= 0.6 is 0 Å². The Bertz CT molecular complexity index is 1090. The van der Waals surface area contributed by atoms with E-state index in [1.54, 1.807) is 12.1 Å². The summed E-state index contributed by atoms with van der Waals surface area (Å²) in [5, 5.41) is 9.88. The molecule has 1 N–H and O–H groups in total. The summed E-state index contributed by atoms with van der Waals surface area (Å²) in [5.41, 5.74) is 5.02. The van der Waals surface area contributed by atoms with Gasteiger partial charge in [-0.25, -0.2) is 0 Å². The molecule has 0 bridgehead atoms. The number of aromatic hydroxyl groups is 1. The van der Waals surface area contributed by atoms with E-state index in [1.165, 1.54) is 7.11 Å². The molecule has 0 saturated heterocycles. The van der Waals surface area contributed by atoms with Crippen molar-refractivity contribution in [1.82, 2.24) is 4.90 Å². The number of phenolic OH excluding ortho intramolecular Hbond substituents is 1. The summed E-state index contributed by atoms with van der Waals surface area (Å²) < 4.78 is 10.9. The first-order valence-corrected chi connectivity index (χ1v) is 11.4. The van der Waals surface area contributed by atoms with Crippen molar-refractivity contribution in [2.45, 2.75) is 13.3 Å². The molecule has 1 unspecified atom stereocenters. The Morgan fingerprint density at radius 3 is 2.03 bits per heavy atom. The lowest BCUT2D eigenvalue weighted by atomic mass is 9.85. The molecule has 0 aliphatic rings. The zero-order chi connectivity index (χ0) is 24.5. The maximum Gasteiger partial charge on any atom is 0.308 e. The van der Waals surface area contributed by atoms with Gasteiger partial charge in [-0.3, -0.25) is 4.79 Å². The van der Waals surface area contributed by atoms with Crippen LogP contribution in [0.2, 0.25) is 0 Å². The smallest absolute Gasteiger partial charge is 0.308 e. The number of benzene rings is 3. The Balaban J connectivity index is 2.11. The number of nitrogens with zero attached hydrogens (tertiary/aromatic N) is 1. The Morgan fingerprint density at radius 2 is 1.47 bits per heavy atom. The van der Waals surface area contributed by atoms with Crippen molar-refractivity contribution in [3.63, 3.8) is 0 Å². The van der Waals surface area contributed by atoms with Crippen LogP contribution < -0.4 is 4.74 Å². The zero-order valence-electron chi connectivity index (χ0n) is 20.3. The molecule has 178 valence electrons. The van der Waals surface area contributed by atoms with Crippen LogP contribution in [-0.4, -0.2) is 50.3 Å². The van der Waals surface area contributed by atoms with Crippen molar-refractivity contribution < 1.29 is 19.4 Å². The molecule has 0 radical (unpaired) electrons. The zero-order valence-corrected chi connectivity index (χ0v) is 20.3. The number of rotatable bonds is 10. The molecule has 0 aromatic heterocycles. The number of hydrogen-bond acceptors (Lipinski definition) is 5. The van der Waals surface area contributed by atoms with Gasteiger partial charge >= 0.3 is 5.97 Å². The first-order valence-electron chi connectivity index (χ1n) is 11.4. The Morgan fingerprint density at radius 1 is 0.882 bits per heavy atom. The van der Waals surface area contributed by atoms with E-state index in [0.29, 0.717) is 13.0 Å². The molecule has 1 atom stereocenters. The van der Waals surface area contributed by atoms with Gasteiger partial charge in [0.2, 0.25) is 0 Å². The highest BCUT2D eigenvalue weighted by atomic mass is 16.5. The number of carbonyl (C=O) groups is 1. The van der Waals surface area contributed by atoms with Crippen LogP contribution in [-0.2, 0) is 9.53 Å². The second-order valence-electron chi connectivity index (χ2n) is 8.57. The van der Waals surface area contributed by atoms with E-state index in [4.69, 9.17) is 9.47 Å². The fourth-order valence-corrected chi connectivity index (χ4v) is 3.80. The largest absolute Gasteiger partial charge is 0.508 e. The van der Waals surface area contributed by atoms with Gasteiger partial charge in [0.05, 0.1) is 13.0 Å². The molecule has 0 aliphatic heterocycles. The predicted molar refractivity (Wildman–Crippen MR) is 137 cm³/mol. The van der Waals surface area contributed by atoms with Crippen molar-refractivity contribution in [3.05, 3.63) is 95.6 Å². The normalized spacial score (nSPS) is 12.7. The molecule has 34 heavy (non-hydrogen) atoms. The lowest BCUT2D eigenvalue weighted by Gasteiger charge is -2.20. The number of esters is 1. The molecule has 0 saturated carbocycles. The van der Waals surface area contributed by atoms with Crippen LogP contribution in [0.4, 0.5) is 0 Å². The van der Waals surface area contributed by atoms with Gasteiger partial charge in [0.1, 0.15) is 18.1 Å². The quantitative estimate of drug-likeness (QED) is 0.321. The molecule has 3 aromatic rings. The van der Waals surface area contributed by atoms with E-state index in [1.807, 2.05) is 75.6 Å². The van der Waals surface area contributed by atoms with E-state index in [2.05, 4.69) is 17.0 Å². The van der Waals surface area contributed by atoms with Crippen molar-refractivity contribution in [3.8, 4) is 11.5 Å². The molecule has 0 spiro atoms. The molecule has 0 amide bonds. The van der Waals surface area contributed by atoms with Gasteiger partial charge in [0.25, 0.3) is 0 Å². The third kappa shape index (κ3) is 6.72. The van der Waals surface area contributed by atoms with E-state index < -0.39 is 0 Å². The first kappa shape index (κ1) is 25.1. The minimum atomic E-state index is -0.319. The van der Waals surface area contributed by atoms with Gasteiger partial charge in [-0.2, -0.15) is 0 Å². The molecule has 3 rings (SSSR count). The van der Waals surface area contributed by atoms with Crippen molar-refractivity contribution in [1.29, 1.82) is 0 Å². The Labute approximate surface area is 202 Å². The van der Waals surface area contributed by atoms with Gasteiger partial charge in [0, 0.05) is 6.54 Å². The Hall–Kier alpha value is -3.57. The van der Waals surface area contributed by atoms with Crippen molar-refractivity contribution >= 4 is 17.1 Å². The van der Waals surface area contributed by atoms with Gasteiger partial charge in [0.15, 0.2) is 0 Å². The van der Waals surface area contributed by atoms with Gasteiger partial charge in [-0.1, -0.05) is 61.5 Å². The fourth-order valence-electron chi connectivity index (χ4n) is 3.80. The average molecular weight is 460 g/mol. The van der Waals surface area contributed by atoms with Gasteiger partial charge < -0.3 is 19.5 Å². The Kier molecular flexibility index (Phi) is 8.88. The second-order valence-corrected chi connectivity index (χ2v) is 8.57. The molecule has 0 fully saturated rings. The maximum atomic E-state index is 12.3. The summed E-state index contributed by atoms with van der Waals surface area (Å²) >= 11 is 0. The fraction of sp³-hybridized carbons (Fsp3) is 0.276. The summed E-state index contributed by atoms with van der Waals surface area (Å²) in [6.07, 6.45) is 0.508. The third-order valence-corrected chi connectivity index (χ3v) is 5.64. The lowest BCUT2D eigenvalue weighted by molar-refractivity contribution is -0.144. The topological polar surface area (TPSA) is 59.0 Å². The number of hydrogen-bond donors (Lipinski definition) is 1. The number of phenols is 1. The molecule has 3 aromatic carbocycles. The van der Waals surface area contributed by atoms with Crippen LogP contribution in [0.5, 0.6) is 11.5 Å². The number of ether oxygens (including phenoxy) is 2. The summed E-state index contributed by atoms with van der Waals surface area (Å²) in [5.74, 6) is 0.445. The van der Waals surface area contributed by atoms with E-state index in [9.17, 15) is 9.90 Å². The molecule has 0 heterocycles. The SMILES string of the molecule is COC(=O)C(C)C/C(=C(/c1ccc(O)cc1)c1ccc(OCCN(C)C)cc1)c1ccccc1. The summed E-state index contributed by atoms with van der Waals surface area (Å²) in [7, 11) is 5.45. The number of carbonyl (C=O) groups excluding carboxylic acids is 1. The minimum absolute atomic E-state index is 0.205. The van der Waals surface area contributed by atoms with Crippen LogP contribution in [0.25, 0.3) is 11.1 Å². The van der Waals surface area contributed by atoms with E-state index in [0.717, 1.165) is 40.1 Å². The summed E-state index contributed by atoms with van der Waals surface area (Å²) in [6.45, 7) is 3.33. The van der Waals surface area contributed by atoms with Crippen molar-refractivity contribution in [2.24, 2.45) is 5.92 Å². The maximum absolute atomic E-state index is 12.3. The molecule has 5 heteroatoms. The monoisotopic (exact) mass is 459 g/mol. The molecular formula is C29H33NO4. The van der Waals surface area contributed by atoms with Crippen LogP contribution in [0.3, 0.4) is 0 Å². The van der Waals surface area contributed by atoms with Crippen LogP contribution in [0, 0.1) is 5.92 Å². The molecule has 0 aliphatic carbocycles. The standard InChI is InChI=1S/C29H33NO4/c1-21(29(32)33-4)20-27(22-8-6-5-7-9-22)28(23-10-14-25(31)15-11-23)24-12-16-26(17-13-24)34-19-18-30(2)3/h5-17,21,31H,18-20H2,1-4H3/b28-27+. The highest BCUT2D eigenvalue weighted by Crippen LogP contribution is 2.37. The van der Waals surface area contributed by atoms with Crippen LogP contribution in [0.15, 0.2) is 78.9 Å². The highest BCUT2D eigenvalue weighted by molar-refractivity contribution is 5.99. The molecular weight excluding hydrogens is 426 g/mol. The third-order valence-electron chi connectivity index (χ3n) is 5.64. The van der Waals surface area contributed by atoms with Gasteiger partial charge in [-0.15, -0.1) is 0 Å². The van der Waals surface area contributed by atoms with Gasteiger partial charge in [-0.05, 0) is 72.6 Å². The number of methoxy groups -OCH3 is 1. The predicted octanol–water partition coefficient (Wildman–Crippen LogP) is 5.49. The first-order chi connectivity index (χ1) is 16.4. The van der Waals surface area contributed by atoms with E-state index in [-0.39, 0.29) is 17.6 Å². The molecule has 5 nitrogen and oxygen atoms in total. The average Bonchev–Trinajstić information content (AvgIpc) is 2.85. The van der Waals surface area contributed by atoms with Crippen molar-refractivity contribution in [2.75, 3.05) is 34.4 Å². The second kappa shape index (κ2) is 12.1. The summed E-state index contributed by atoms with van der Waals surface area (Å²) in [4.78, 5) is 14.4. The number of likely N-dealkylation sites (N-methyl/N-ethyl adjacent to an activating group) is 1.